The van der Waals surface area contributed by atoms with Crippen molar-refractivity contribution in [1.29, 1.82) is 0 Å². The Labute approximate surface area is 241 Å². The molecule has 0 aromatic heterocycles. The van der Waals surface area contributed by atoms with Crippen molar-refractivity contribution in [2.75, 3.05) is 0 Å². The normalized spacial score (nSPS) is 17.3. The van der Waals surface area contributed by atoms with Crippen LogP contribution in [0.4, 0.5) is 145 Å². The summed E-state index contributed by atoms with van der Waals surface area (Å²) in [5.74, 6) is -127. The summed E-state index contributed by atoms with van der Waals surface area (Å²) in [7, 11) is 0. The van der Waals surface area contributed by atoms with Gasteiger partial charge in [-0.15, -0.1) is 0 Å². The Morgan fingerprint density at radius 3 is 0.429 bits per heavy atom. The van der Waals surface area contributed by atoms with Gasteiger partial charge in [0, 0.05) is 0 Å². The van der Waals surface area contributed by atoms with Crippen LogP contribution >= 0.6 is 0 Å². The molecule has 49 heavy (non-hydrogen) atoms. The van der Waals surface area contributed by atoms with E-state index in [0.29, 0.717) is 0 Å². The van der Waals surface area contributed by atoms with Crippen LogP contribution in [-0.4, -0.2) is 94.6 Å². The Hall–Kier alpha value is -2.35. The van der Waals surface area contributed by atoms with E-state index in [0.717, 1.165) is 0 Å². The summed E-state index contributed by atoms with van der Waals surface area (Å²) in [6.45, 7) is 0. The first-order valence-corrected chi connectivity index (χ1v) is 9.92. The number of hydrogen-bond acceptors (Lipinski definition) is 1. The molecule has 0 saturated heterocycles. The standard InChI is InChI=1S/C15F33N/c16-1(17,2(18,19)4(22,23)6(26,27)8(30,31)10(34,35)12(38,39)14(42,43)44)3(20,21)5(24,25)7(28,29)9(32,33)11(36,37)13(40,41)15(45,46)49(47)48. The lowest BCUT2D eigenvalue weighted by molar-refractivity contribution is -0.497. The number of nitrogens with zero attached hydrogens (tertiary/aromatic N) is 1. The van der Waals surface area contributed by atoms with E-state index in [4.69, 9.17) is 0 Å². The maximum Gasteiger partial charge on any atom is 0.460 e. The number of alkyl halides is 31. The lowest BCUT2D eigenvalue weighted by Crippen LogP contribution is -2.79. The van der Waals surface area contributed by atoms with E-state index >= 15 is 0 Å². The summed E-state index contributed by atoms with van der Waals surface area (Å²) >= 11 is 0. The fourth-order valence-corrected chi connectivity index (χ4v) is 2.64. The molecule has 1 nitrogen and oxygen atoms in total. The van der Waals surface area contributed by atoms with E-state index in [1.54, 1.807) is 0 Å². The van der Waals surface area contributed by atoms with Crippen LogP contribution < -0.4 is 0 Å². The highest BCUT2D eigenvalue weighted by Gasteiger charge is 3.01. The van der Waals surface area contributed by atoms with Crippen molar-refractivity contribution in [3.05, 3.63) is 0 Å². The van der Waals surface area contributed by atoms with Crippen LogP contribution in [0.1, 0.15) is 0 Å². The largest absolute Gasteiger partial charge is 0.460 e. The summed E-state index contributed by atoms with van der Waals surface area (Å²) in [5, 5.41) is -4.64. The second kappa shape index (κ2) is 11.1. The molecular formula is C15F33N. The molecule has 296 valence electrons. The molecule has 0 aromatic carbocycles. The predicted octanol–water partition coefficient (Wildman–Crippen LogP) is 10.5. The van der Waals surface area contributed by atoms with Gasteiger partial charge in [-0.2, -0.15) is 136 Å². The van der Waals surface area contributed by atoms with Crippen molar-refractivity contribution < 1.29 is 145 Å². The van der Waals surface area contributed by atoms with Crippen molar-refractivity contribution in [1.82, 2.24) is 5.34 Å². The molecule has 0 bridgehead atoms. The van der Waals surface area contributed by atoms with E-state index in [-0.39, 0.29) is 0 Å². The Bertz CT molecular complexity index is 1200. The van der Waals surface area contributed by atoms with E-state index in [9.17, 15) is 145 Å². The first-order chi connectivity index (χ1) is 20.4. The summed E-state index contributed by atoms with van der Waals surface area (Å²) in [5.41, 5.74) is 0. The fraction of sp³-hybridized carbons (Fsp3) is 1.00. The van der Waals surface area contributed by atoms with E-state index in [2.05, 4.69) is 0 Å². The third-order valence-corrected chi connectivity index (χ3v) is 5.68. The Morgan fingerprint density at radius 2 is 0.306 bits per heavy atom. The third-order valence-electron chi connectivity index (χ3n) is 5.68. The zero-order valence-electron chi connectivity index (χ0n) is 20.4. The van der Waals surface area contributed by atoms with E-state index in [1.165, 1.54) is 0 Å². The molecule has 0 unspecified atom stereocenters. The lowest BCUT2D eigenvalue weighted by atomic mass is 9.83. The highest BCUT2D eigenvalue weighted by molar-refractivity contribution is 5.21. The molecule has 0 fully saturated rings. The van der Waals surface area contributed by atoms with Gasteiger partial charge in [0.2, 0.25) is 0 Å². The monoisotopic (exact) mass is 821 g/mol. The van der Waals surface area contributed by atoms with Gasteiger partial charge in [0.25, 0.3) is 0 Å². The van der Waals surface area contributed by atoms with Gasteiger partial charge < -0.3 is 0 Å². The average Bonchev–Trinajstić information content (AvgIpc) is 2.86. The van der Waals surface area contributed by atoms with Gasteiger partial charge in [-0.05, 0) is 0 Å². The average molecular weight is 821 g/mol. The SMILES string of the molecule is FN(F)C(F)(F)C(F)(F)C(F)(F)C(F)(F)C(F)(F)C(F)(F)C(F)(F)C(F)(F)C(F)(F)C(F)(F)C(F)(F)C(F)(F)C(F)(F)C(F)(F)C(F)(F)F. The van der Waals surface area contributed by atoms with Gasteiger partial charge in [0.05, 0.1) is 5.34 Å². The van der Waals surface area contributed by atoms with Crippen LogP contribution in [0.2, 0.25) is 0 Å². The molecule has 0 saturated carbocycles. The van der Waals surface area contributed by atoms with Gasteiger partial charge in [0.15, 0.2) is 0 Å². The summed E-state index contributed by atoms with van der Waals surface area (Å²) in [6.07, 6.45) is -8.38. The minimum absolute atomic E-state index is 4.64. The molecule has 0 aliphatic heterocycles. The molecule has 0 aliphatic rings. The summed E-state index contributed by atoms with van der Waals surface area (Å²) < 4.78 is 433. The minimum Gasteiger partial charge on any atom is -0.192 e. The van der Waals surface area contributed by atoms with Gasteiger partial charge in [0.1, 0.15) is 0 Å². The summed E-state index contributed by atoms with van der Waals surface area (Å²) in [6, 6.07) is -8.35. The van der Waals surface area contributed by atoms with Gasteiger partial charge in [-0.3, -0.25) is 0 Å². The molecule has 0 rings (SSSR count). The second-order valence-electron chi connectivity index (χ2n) is 8.74. The van der Waals surface area contributed by atoms with Gasteiger partial charge >= 0.3 is 89.2 Å². The smallest absolute Gasteiger partial charge is 0.192 e. The Kier molecular flexibility index (Phi) is 10.5. The molecule has 0 aliphatic carbocycles. The van der Waals surface area contributed by atoms with Crippen molar-refractivity contribution >= 4 is 0 Å². The molecule has 0 amide bonds. The van der Waals surface area contributed by atoms with E-state index < -0.39 is 94.6 Å². The van der Waals surface area contributed by atoms with Crippen molar-refractivity contribution in [2.24, 2.45) is 0 Å². The maximum atomic E-state index is 13.7. The molecule has 0 N–H and O–H groups in total. The second-order valence-corrected chi connectivity index (χ2v) is 8.74. The zero-order chi connectivity index (χ0) is 41.1. The lowest BCUT2D eigenvalue weighted by Gasteiger charge is -2.46. The number of rotatable bonds is 14. The van der Waals surface area contributed by atoms with Crippen molar-refractivity contribution in [2.45, 2.75) is 89.2 Å². The first kappa shape index (κ1) is 46.6. The van der Waals surface area contributed by atoms with Crippen LogP contribution in [0, 0.1) is 0 Å². The van der Waals surface area contributed by atoms with Crippen molar-refractivity contribution in [3.63, 3.8) is 0 Å². The topological polar surface area (TPSA) is 3.24 Å². The van der Waals surface area contributed by atoms with Crippen LogP contribution in [0.5, 0.6) is 0 Å². The fourth-order valence-electron chi connectivity index (χ4n) is 2.64. The Morgan fingerprint density at radius 1 is 0.184 bits per heavy atom. The summed E-state index contributed by atoms with van der Waals surface area (Å²) in [4.78, 5) is 0. The van der Waals surface area contributed by atoms with E-state index in [1.807, 2.05) is 0 Å². The molecular weight excluding hydrogens is 821 g/mol. The number of hydrogen-bond donors (Lipinski definition) is 0. The predicted molar refractivity (Wildman–Crippen MR) is 79.4 cm³/mol. The zero-order valence-corrected chi connectivity index (χ0v) is 20.4. The third kappa shape index (κ3) is 5.17. The molecule has 0 atom stereocenters. The van der Waals surface area contributed by atoms with Gasteiger partial charge in [-0.25, -0.2) is 0 Å². The molecule has 0 heterocycles. The van der Waals surface area contributed by atoms with Crippen LogP contribution in [-0.2, 0) is 0 Å². The molecule has 0 aromatic rings. The maximum absolute atomic E-state index is 13.7. The highest BCUT2D eigenvalue weighted by atomic mass is 19.4. The Balaban J connectivity index is 7.66. The van der Waals surface area contributed by atoms with Crippen LogP contribution in [0.25, 0.3) is 0 Å². The van der Waals surface area contributed by atoms with Crippen LogP contribution in [0.15, 0.2) is 0 Å². The minimum atomic E-state index is -10.2. The molecule has 0 spiro atoms. The van der Waals surface area contributed by atoms with Gasteiger partial charge in [-0.1, -0.05) is 8.96 Å². The highest BCUT2D eigenvalue weighted by Crippen LogP contribution is 2.69. The van der Waals surface area contributed by atoms with Crippen molar-refractivity contribution in [3.8, 4) is 0 Å². The molecule has 34 heteroatoms. The van der Waals surface area contributed by atoms with Crippen LogP contribution in [0.3, 0.4) is 0 Å². The number of halogens is 33. The molecule has 0 radical (unpaired) electrons. The first-order valence-electron chi connectivity index (χ1n) is 9.92. The quantitative estimate of drug-likeness (QED) is 0.0959.